The van der Waals surface area contributed by atoms with E-state index in [4.69, 9.17) is 4.74 Å². The first-order valence-corrected chi connectivity index (χ1v) is 9.64. The Bertz CT molecular complexity index is 1060. The first kappa shape index (κ1) is 19.7. The van der Waals surface area contributed by atoms with Gasteiger partial charge in [-0.25, -0.2) is 4.98 Å². The largest absolute Gasteiger partial charge is 0.497 e. The number of hydrogen-bond donors (Lipinski definition) is 1. The summed E-state index contributed by atoms with van der Waals surface area (Å²) < 4.78 is 6.73. The van der Waals surface area contributed by atoms with Crippen LogP contribution in [0, 0.1) is 0 Å². The number of nitrogens with one attached hydrogen (secondary N) is 1. The molecule has 28 heavy (non-hydrogen) atoms. The van der Waals surface area contributed by atoms with E-state index >= 15 is 0 Å². The van der Waals surface area contributed by atoms with Gasteiger partial charge in [-0.1, -0.05) is 30.0 Å². The van der Waals surface area contributed by atoms with Gasteiger partial charge in [0.15, 0.2) is 5.16 Å². The standard InChI is InChI=1S/C21H21N3O3S/c1-4-13-22-19(25)14(2)28-21-23-18-8-6-5-7-17(18)20(26)24(21)15-9-11-16(27-3)12-10-15/h4-12,14H,1,13H2,2-3H3,(H,22,25)/t14-/m0/s1. The van der Waals surface area contributed by atoms with Crippen LogP contribution in [-0.2, 0) is 4.79 Å². The Morgan fingerprint density at radius 3 is 2.68 bits per heavy atom. The first-order chi connectivity index (χ1) is 13.5. The molecule has 0 aliphatic heterocycles. The molecule has 144 valence electrons. The molecule has 3 aromatic rings. The van der Waals surface area contributed by atoms with Gasteiger partial charge in [-0.05, 0) is 43.3 Å². The normalized spacial score (nSPS) is 11.8. The van der Waals surface area contributed by atoms with Crippen LogP contribution < -0.4 is 15.6 Å². The molecule has 0 aliphatic rings. The van der Waals surface area contributed by atoms with E-state index in [1.165, 1.54) is 16.3 Å². The Balaban J connectivity index is 2.10. The number of aromatic nitrogens is 2. The molecule has 3 rings (SSSR count). The van der Waals surface area contributed by atoms with Crippen molar-refractivity contribution in [2.45, 2.75) is 17.3 Å². The number of nitrogens with zero attached hydrogens (tertiary/aromatic N) is 2. The molecule has 0 spiro atoms. The van der Waals surface area contributed by atoms with E-state index in [0.29, 0.717) is 34.0 Å². The Labute approximate surface area is 167 Å². The van der Waals surface area contributed by atoms with Gasteiger partial charge in [0.1, 0.15) is 5.75 Å². The van der Waals surface area contributed by atoms with Gasteiger partial charge < -0.3 is 10.1 Å². The van der Waals surface area contributed by atoms with Crippen molar-refractivity contribution in [3.05, 3.63) is 71.5 Å². The predicted octanol–water partition coefficient (Wildman–Crippen LogP) is 3.18. The molecule has 0 radical (unpaired) electrons. The van der Waals surface area contributed by atoms with Crippen molar-refractivity contribution in [3.63, 3.8) is 0 Å². The lowest BCUT2D eigenvalue weighted by Crippen LogP contribution is -2.32. The summed E-state index contributed by atoms with van der Waals surface area (Å²) in [5.74, 6) is 0.547. The zero-order chi connectivity index (χ0) is 20.1. The van der Waals surface area contributed by atoms with Crippen LogP contribution in [0.15, 0.2) is 71.1 Å². The fraction of sp³-hybridized carbons (Fsp3) is 0.190. The molecule has 0 aliphatic carbocycles. The van der Waals surface area contributed by atoms with Crippen LogP contribution in [0.4, 0.5) is 0 Å². The van der Waals surface area contributed by atoms with E-state index in [-0.39, 0.29) is 11.5 Å². The van der Waals surface area contributed by atoms with Crippen LogP contribution in [0.3, 0.4) is 0 Å². The average molecular weight is 395 g/mol. The molecular formula is C21H21N3O3S. The summed E-state index contributed by atoms with van der Waals surface area (Å²) in [5.41, 5.74) is 1.07. The number of rotatable bonds is 7. The second-order valence-corrected chi connectivity index (χ2v) is 7.35. The summed E-state index contributed by atoms with van der Waals surface area (Å²) in [7, 11) is 1.59. The van der Waals surface area contributed by atoms with Gasteiger partial charge in [-0.2, -0.15) is 0 Å². The summed E-state index contributed by atoms with van der Waals surface area (Å²) in [6.07, 6.45) is 1.62. The Morgan fingerprint density at radius 1 is 1.29 bits per heavy atom. The van der Waals surface area contributed by atoms with E-state index in [9.17, 15) is 9.59 Å². The Morgan fingerprint density at radius 2 is 2.00 bits per heavy atom. The molecule has 6 nitrogen and oxygen atoms in total. The highest BCUT2D eigenvalue weighted by molar-refractivity contribution is 8.00. The Kier molecular flexibility index (Phi) is 6.16. The fourth-order valence-corrected chi connectivity index (χ4v) is 3.63. The number of fused-ring (bicyclic) bond motifs is 1. The van der Waals surface area contributed by atoms with Crippen molar-refractivity contribution < 1.29 is 9.53 Å². The number of hydrogen-bond acceptors (Lipinski definition) is 5. The van der Waals surface area contributed by atoms with Crippen molar-refractivity contribution in [2.24, 2.45) is 0 Å². The van der Waals surface area contributed by atoms with Gasteiger partial charge in [0.05, 0.1) is 29.0 Å². The minimum absolute atomic E-state index is 0.145. The number of para-hydroxylation sites is 1. The van der Waals surface area contributed by atoms with Gasteiger partial charge in [0, 0.05) is 6.54 Å². The molecule has 0 bridgehead atoms. The third-order valence-electron chi connectivity index (χ3n) is 4.15. The third-order valence-corrected chi connectivity index (χ3v) is 5.20. The summed E-state index contributed by atoms with van der Waals surface area (Å²) in [5, 5.41) is 3.31. The number of carbonyl (C=O) groups excluding carboxylic acids is 1. The maximum Gasteiger partial charge on any atom is 0.266 e. The summed E-state index contributed by atoms with van der Waals surface area (Å²) >= 11 is 1.24. The highest BCUT2D eigenvalue weighted by Gasteiger charge is 2.20. The molecule has 2 aromatic carbocycles. The molecule has 0 fully saturated rings. The number of carbonyl (C=O) groups is 1. The zero-order valence-corrected chi connectivity index (χ0v) is 16.5. The SMILES string of the molecule is C=CCNC(=O)[C@H](C)Sc1nc2ccccc2c(=O)n1-c1ccc(OC)cc1. The van der Waals surface area contributed by atoms with E-state index in [0.717, 1.165) is 0 Å². The van der Waals surface area contributed by atoms with E-state index < -0.39 is 5.25 Å². The number of benzene rings is 2. The monoisotopic (exact) mass is 395 g/mol. The average Bonchev–Trinajstić information content (AvgIpc) is 2.72. The molecule has 1 aromatic heterocycles. The zero-order valence-electron chi connectivity index (χ0n) is 15.7. The molecule has 1 atom stereocenters. The second kappa shape index (κ2) is 8.75. The molecule has 0 saturated carbocycles. The highest BCUT2D eigenvalue weighted by atomic mass is 32.2. The number of ether oxygens (including phenoxy) is 1. The van der Waals surface area contributed by atoms with Gasteiger partial charge in [0.2, 0.25) is 5.91 Å². The molecular weight excluding hydrogens is 374 g/mol. The van der Waals surface area contributed by atoms with E-state index in [2.05, 4.69) is 16.9 Å². The van der Waals surface area contributed by atoms with E-state index in [1.54, 1.807) is 56.5 Å². The number of methoxy groups -OCH3 is 1. The topological polar surface area (TPSA) is 73.2 Å². The summed E-state index contributed by atoms with van der Waals surface area (Å²) in [4.78, 5) is 30.1. The van der Waals surface area contributed by atoms with Gasteiger partial charge in [0.25, 0.3) is 5.56 Å². The molecule has 0 unspecified atom stereocenters. The lowest BCUT2D eigenvalue weighted by atomic mass is 10.2. The second-order valence-electron chi connectivity index (χ2n) is 6.04. The lowest BCUT2D eigenvalue weighted by molar-refractivity contribution is -0.120. The van der Waals surface area contributed by atoms with Crippen molar-refractivity contribution in [3.8, 4) is 11.4 Å². The molecule has 1 N–H and O–H groups in total. The van der Waals surface area contributed by atoms with Gasteiger partial charge >= 0.3 is 0 Å². The van der Waals surface area contributed by atoms with Crippen LogP contribution in [0.2, 0.25) is 0 Å². The van der Waals surface area contributed by atoms with Gasteiger partial charge in [-0.3, -0.25) is 14.2 Å². The lowest BCUT2D eigenvalue weighted by Gasteiger charge is -2.16. The van der Waals surface area contributed by atoms with Gasteiger partial charge in [-0.15, -0.1) is 6.58 Å². The molecule has 1 heterocycles. The Hall–Kier alpha value is -3.06. The van der Waals surface area contributed by atoms with Crippen molar-refractivity contribution in [2.75, 3.05) is 13.7 Å². The third kappa shape index (κ3) is 4.09. The fourth-order valence-electron chi connectivity index (χ4n) is 2.68. The van der Waals surface area contributed by atoms with Crippen LogP contribution in [-0.4, -0.2) is 34.4 Å². The van der Waals surface area contributed by atoms with Crippen LogP contribution in [0.1, 0.15) is 6.92 Å². The smallest absolute Gasteiger partial charge is 0.266 e. The number of thioether (sulfide) groups is 1. The van der Waals surface area contributed by atoms with Crippen LogP contribution >= 0.6 is 11.8 Å². The first-order valence-electron chi connectivity index (χ1n) is 8.76. The van der Waals surface area contributed by atoms with Crippen molar-refractivity contribution in [1.29, 1.82) is 0 Å². The quantitative estimate of drug-likeness (QED) is 0.378. The van der Waals surface area contributed by atoms with Crippen LogP contribution in [0.5, 0.6) is 5.75 Å². The van der Waals surface area contributed by atoms with Crippen LogP contribution in [0.25, 0.3) is 16.6 Å². The minimum Gasteiger partial charge on any atom is -0.497 e. The highest BCUT2D eigenvalue weighted by Crippen LogP contribution is 2.26. The van der Waals surface area contributed by atoms with E-state index in [1.807, 2.05) is 12.1 Å². The number of amides is 1. The minimum atomic E-state index is -0.433. The molecule has 7 heteroatoms. The predicted molar refractivity (Wildman–Crippen MR) is 112 cm³/mol. The molecule has 0 saturated heterocycles. The maximum atomic E-state index is 13.2. The summed E-state index contributed by atoms with van der Waals surface area (Å²) in [6, 6.07) is 14.3. The maximum absolute atomic E-state index is 13.2. The molecule has 1 amide bonds. The van der Waals surface area contributed by atoms with Crippen molar-refractivity contribution >= 4 is 28.6 Å². The van der Waals surface area contributed by atoms with Crippen molar-refractivity contribution in [1.82, 2.24) is 14.9 Å². The summed E-state index contributed by atoms with van der Waals surface area (Å²) in [6.45, 7) is 5.77.